The smallest absolute Gasteiger partial charge is 0.341 e. The van der Waals surface area contributed by atoms with Crippen LogP contribution in [-0.4, -0.2) is 52.2 Å². The van der Waals surface area contributed by atoms with Gasteiger partial charge in [0.15, 0.2) is 0 Å². The highest BCUT2D eigenvalue weighted by Crippen LogP contribution is 2.38. The second kappa shape index (κ2) is 18.5. The van der Waals surface area contributed by atoms with Crippen molar-refractivity contribution in [2.75, 3.05) is 12.9 Å². The van der Waals surface area contributed by atoms with Gasteiger partial charge in [0, 0.05) is 39.4 Å². The van der Waals surface area contributed by atoms with Gasteiger partial charge in [0.05, 0.1) is 23.9 Å². The number of nitrogens with one attached hydrogen (secondary N) is 2. The number of nitrogens with zero attached hydrogens (tertiary/aromatic N) is 1. The number of pyridine rings is 1. The molecule has 0 aliphatic carbocycles. The third kappa shape index (κ3) is 8.64. The second-order valence-corrected chi connectivity index (χ2v) is 14.0. The van der Waals surface area contributed by atoms with Gasteiger partial charge in [0.2, 0.25) is 0 Å². The van der Waals surface area contributed by atoms with Crippen molar-refractivity contribution < 1.29 is 29.0 Å². The largest absolute Gasteiger partial charge is 0.507 e. The molecule has 0 fully saturated rings. The molecule has 3 N–H and O–H groups in total. The van der Waals surface area contributed by atoms with Crippen LogP contribution in [-0.2, 0) is 26.4 Å². The molecule has 0 spiro atoms. The van der Waals surface area contributed by atoms with E-state index in [0.717, 1.165) is 55.9 Å². The van der Waals surface area contributed by atoms with E-state index in [2.05, 4.69) is 34.0 Å². The highest BCUT2D eigenvalue weighted by molar-refractivity contribution is 7.80. The molecule has 8 aromatic rings. The van der Waals surface area contributed by atoms with Gasteiger partial charge in [-0.25, -0.2) is 4.79 Å². The number of hydrogen-bond acceptors (Lipinski definition) is 9. The lowest BCUT2D eigenvalue weighted by Crippen LogP contribution is -2.53. The first-order valence-corrected chi connectivity index (χ1v) is 19.5. The van der Waals surface area contributed by atoms with Crippen LogP contribution in [0.3, 0.4) is 0 Å². The van der Waals surface area contributed by atoms with Crippen molar-refractivity contribution >= 4 is 52.7 Å². The number of aldehydes is 1. The zero-order valence-corrected chi connectivity index (χ0v) is 33.0. The summed E-state index contributed by atoms with van der Waals surface area (Å²) in [5.41, 5.74) is 6.69. The van der Waals surface area contributed by atoms with E-state index in [4.69, 9.17) is 9.47 Å². The summed E-state index contributed by atoms with van der Waals surface area (Å²) in [4.78, 5) is 44.6. The van der Waals surface area contributed by atoms with Crippen molar-refractivity contribution in [1.82, 2.24) is 15.3 Å². The van der Waals surface area contributed by atoms with Crippen LogP contribution in [0.25, 0.3) is 33.1 Å². The summed E-state index contributed by atoms with van der Waals surface area (Å²) >= 11 is 4.50. The standard InChI is InChI=1S/C30H27NO3S.C19H14N2O3/c32-20-24-13-10-18-27(19-24)30(25-14-6-2-7-15-25,26-16-8-3-9-17-26)31-28(22-35)29(33)34-21-23-11-4-1-5-12-23;1-24-19(23)14-10-11(6-7-16(14)22)17-18-13(8-9-20-17)12-4-2-3-5-15(12)21-18/h1-20,28,31,35H,21-22H2;2-10,21-22H,1H3. The number of ether oxygens (including phenoxy) is 2. The maximum Gasteiger partial charge on any atom is 0.341 e. The van der Waals surface area contributed by atoms with Gasteiger partial charge in [-0.15, -0.1) is 0 Å². The van der Waals surface area contributed by atoms with E-state index in [1.165, 1.54) is 13.2 Å². The average molecular weight is 800 g/mol. The Hall–Kier alpha value is -7.01. The average Bonchev–Trinajstić information content (AvgIpc) is 3.69. The Kier molecular flexibility index (Phi) is 12.6. The predicted molar refractivity (Wildman–Crippen MR) is 234 cm³/mol. The molecule has 6 aromatic carbocycles. The van der Waals surface area contributed by atoms with Crippen LogP contribution < -0.4 is 5.32 Å². The number of esters is 2. The second-order valence-electron chi connectivity index (χ2n) is 13.7. The van der Waals surface area contributed by atoms with Crippen molar-refractivity contribution in [3.8, 4) is 17.0 Å². The number of carbonyl (C=O) groups excluding carboxylic acids is 3. The zero-order valence-electron chi connectivity index (χ0n) is 32.1. The lowest BCUT2D eigenvalue weighted by atomic mass is 9.76. The molecule has 9 nitrogen and oxygen atoms in total. The van der Waals surface area contributed by atoms with Crippen LogP contribution in [0.2, 0.25) is 0 Å². The van der Waals surface area contributed by atoms with Gasteiger partial charge in [-0.1, -0.05) is 127 Å². The topological polar surface area (TPSA) is 131 Å². The van der Waals surface area contributed by atoms with Crippen molar-refractivity contribution in [3.63, 3.8) is 0 Å². The number of carbonyl (C=O) groups is 3. The number of thiol groups is 1. The number of methoxy groups -OCH3 is 1. The van der Waals surface area contributed by atoms with E-state index in [9.17, 15) is 19.5 Å². The summed E-state index contributed by atoms with van der Waals surface area (Å²) < 4.78 is 10.4. The molecule has 8 rings (SSSR count). The Morgan fingerprint density at radius 2 is 1.42 bits per heavy atom. The molecule has 0 aliphatic heterocycles. The molecule has 0 bridgehead atoms. The first-order chi connectivity index (χ1) is 28.9. The number of phenols is 1. The summed E-state index contributed by atoms with van der Waals surface area (Å²) in [6.45, 7) is 0.177. The summed E-state index contributed by atoms with van der Waals surface area (Å²) in [6, 6.07) is 50.9. The lowest BCUT2D eigenvalue weighted by molar-refractivity contribution is -0.147. The number of H-pyrrole nitrogens is 1. The summed E-state index contributed by atoms with van der Waals surface area (Å²) in [5.74, 6) is -0.873. The highest BCUT2D eigenvalue weighted by Gasteiger charge is 2.40. The van der Waals surface area contributed by atoms with Gasteiger partial charge < -0.3 is 19.6 Å². The first kappa shape index (κ1) is 40.2. The Labute approximate surface area is 347 Å². The molecular weight excluding hydrogens is 759 g/mol. The van der Waals surface area contributed by atoms with Crippen LogP contribution in [0.15, 0.2) is 170 Å². The number of hydrogen-bond donors (Lipinski definition) is 4. The van der Waals surface area contributed by atoms with Gasteiger partial charge >= 0.3 is 11.9 Å². The van der Waals surface area contributed by atoms with Gasteiger partial charge in [-0.3, -0.25) is 19.9 Å². The SMILES string of the molecule is COC(=O)c1cc(-c2nccc3c2[nH]c2ccccc23)ccc1O.O=Cc1cccc(C(NC(CS)C(=O)OCc2ccccc2)(c2ccccc2)c2ccccc2)c1. The maximum absolute atomic E-state index is 13.3. The van der Waals surface area contributed by atoms with Crippen molar-refractivity contribution in [2.45, 2.75) is 18.2 Å². The van der Waals surface area contributed by atoms with Crippen LogP contribution in [0.5, 0.6) is 5.75 Å². The molecule has 0 amide bonds. The van der Waals surface area contributed by atoms with E-state index in [1.54, 1.807) is 24.4 Å². The number of phenolic OH excluding ortho intramolecular Hbond substituents is 1. The summed E-state index contributed by atoms with van der Waals surface area (Å²) in [5, 5.41) is 15.6. The van der Waals surface area contributed by atoms with E-state index in [-0.39, 0.29) is 23.7 Å². The number of para-hydroxylation sites is 1. The van der Waals surface area contributed by atoms with Gasteiger partial charge in [-0.05, 0) is 58.7 Å². The van der Waals surface area contributed by atoms with Gasteiger partial charge in [0.25, 0.3) is 0 Å². The Bertz CT molecular complexity index is 2670. The lowest BCUT2D eigenvalue weighted by Gasteiger charge is -2.39. The summed E-state index contributed by atoms with van der Waals surface area (Å²) in [7, 11) is 1.28. The quantitative estimate of drug-likeness (QED) is 0.0417. The summed E-state index contributed by atoms with van der Waals surface area (Å²) in [6.07, 6.45) is 2.57. The predicted octanol–water partition coefficient (Wildman–Crippen LogP) is 9.30. The third-order valence-corrected chi connectivity index (χ3v) is 10.4. The Balaban J connectivity index is 0.000000191. The third-order valence-electron chi connectivity index (χ3n) is 10.1. The minimum Gasteiger partial charge on any atom is -0.507 e. The molecule has 294 valence electrons. The van der Waals surface area contributed by atoms with Gasteiger partial charge in [0.1, 0.15) is 30.2 Å². The molecule has 0 saturated carbocycles. The molecule has 2 heterocycles. The molecule has 0 aliphatic rings. The fourth-order valence-electron chi connectivity index (χ4n) is 7.19. The molecule has 59 heavy (non-hydrogen) atoms. The van der Waals surface area contributed by atoms with Crippen LogP contribution in [0.4, 0.5) is 0 Å². The molecular formula is C49H41N3O6S. The number of rotatable bonds is 12. The van der Waals surface area contributed by atoms with E-state index >= 15 is 0 Å². The number of aromatic nitrogens is 2. The molecule has 2 aromatic heterocycles. The number of fused-ring (bicyclic) bond motifs is 3. The van der Waals surface area contributed by atoms with Crippen molar-refractivity contribution in [1.29, 1.82) is 0 Å². The Morgan fingerprint density at radius 3 is 2.08 bits per heavy atom. The van der Waals surface area contributed by atoms with Crippen molar-refractivity contribution in [3.05, 3.63) is 203 Å². The molecule has 0 radical (unpaired) electrons. The minimum atomic E-state index is -0.930. The van der Waals surface area contributed by atoms with E-state index < -0.39 is 23.5 Å². The van der Waals surface area contributed by atoms with Crippen molar-refractivity contribution in [2.24, 2.45) is 0 Å². The molecule has 10 heteroatoms. The normalized spacial score (nSPS) is 11.6. The molecule has 1 atom stereocenters. The highest BCUT2D eigenvalue weighted by atomic mass is 32.1. The Morgan fingerprint density at radius 1 is 0.780 bits per heavy atom. The van der Waals surface area contributed by atoms with Crippen LogP contribution in [0, 0.1) is 0 Å². The van der Waals surface area contributed by atoms with E-state index in [0.29, 0.717) is 11.3 Å². The van der Waals surface area contributed by atoms with Crippen LogP contribution >= 0.6 is 12.6 Å². The number of aromatic hydroxyl groups is 1. The van der Waals surface area contributed by atoms with Crippen LogP contribution in [0.1, 0.15) is 43.0 Å². The molecule has 1 unspecified atom stereocenters. The maximum atomic E-state index is 13.3. The molecule has 0 saturated heterocycles. The number of benzene rings is 6. The van der Waals surface area contributed by atoms with E-state index in [1.807, 2.05) is 133 Å². The fourth-order valence-corrected chi connectivity index (χ4v) is 7.43. The minimum absolute atomic E-state index is 0.116. The zero-order chi connectivity index (χ0) is 41.2. The fraction of sp³-hybridized carbons (Fsp3) is 0.102. The van der Waals surface area contributed by atoms with Gasteiger partial charge in [-0.2, -0.15) is 12.6 Å². The monoisotopic (exact) mass is 799 g/mol. The number of aromatic amines is 1. The first-order valence-electron chi connectivity index (χ1n) is 18.9.